The number of benzene rings is 6. The molecular formula is C30H18O. The van der Waals surface area contributed by atoms with E-state index in [0.29, 0.717) is 0 Å². The largest absolute Gasteiger partial charge is 0.455 e. The Morgan fingerprint density at radius 3 is 1.81 bits per heavy atom. The van der Waals surface area contributed by atoms with Crippen LogP contribution in [-0.4, -0.2) is 0 Å². The van der Waals surface area contributed by atoms with E-state index in [9.17, 15) is 0 Å². The molecule has 1 aromatic heterocycles. The number of hydrogen-bond donors (Lipinski definition) is 0. The van der Waals surface area contributed by atoms with Crippen molar-refractivity contribution in [3.8, 4) is 11.1 Å². The van der Waals surface area contributed by atoms with E-state index in [1.54, 1.807) is 0 Å². The van der Waals surface area contributed by atoms with Crippen molar-refractivity contribution >= 4 is 54.3 Å². The molecule has 1 nitrogen and oxygen atoms in total. The molecule has 0 saturated carbocycles. The molecule has 0 saturated heterocycles. The summed E-state index contributed by atoms with van der Waals surface area (Å²) in [6.07, 6.45) is 0. The van der Waals surface area contributed by atoms with E-state index in [0.717, 1.165) is 21.9 Å². The fourth-order valence-electron chi connectivity index (χ4n) is 4.98. The van der Waals surface area contributed by atoms with Crippen LogP contribution in [0.25, 0.3) is 65.4 Å². The van der Waals surface area contributed by atoms with Gasteiger partial charge in [-0.3, -0.25) is 0 Å². The van der Waals surface area contributed by atoms with Crippen LogP contribution in [0.15, 0.2) is 114 Å². The Morgan fingerprint density at radius 2 is 1.06 bits per heavy atom. The normalized spacial score (nSPS) is 11.9. The SMILES string of the molecule is c1ccc2c(-c3ccc4oc5c6ccccc6ccc5c4c3)c3ccccc3cc2c1. The molecule has 0 aliphatic heterocycles. The minimum absolute atomic E-state index is 0.930. The Morgan fingerprint density at radius 1 is 0.419 bits per heavy atom. The van der Waals surface area contributed by atoms with E-state index in [4.69, 9.17) is 4.42 Å². The molecule has 0 atom stereocenters. The smallest absolute Gasteiger partial charge is 0.143 e. The van der Waals surface area contributed by atoms with Gasteiger partial charge in [-0.1, -0.05) is 84.9 Å². The first-order chi connectivity index (χ1) is 15.4. The molecule has 0 aliphatic carbocycles. The van der Waals surface area contributed by atoms with Crippen molar-refractivity contribution in [1.82, 2.24) is 0 Å². The van der Waals surface area contributed by atoms with Gasteiger partial charge < -0.3 is 4.42 Å². The van der Waals surface area contributed by atoms with Gasteiger partial charge in [0.1, 0.15) is 11.2 Å². The third kappa shape index (κ3) is 2.38. The average molecular weight is 394 g/mol. The van der Waals surface area contributed by atoms with Gasteiger partial charge in [0, 0.05) is 16.2 Å². The van der Waals surface area contributed by atoms with Gasteiger partial charge in [0.2, 0.25) is 0 Å². The second-order valence-corrected chi connectivity index (χ2v) is 8.17. The van der Waals surface area contributed by atoms with Crippen molar-refractivity contribution in [3.63, 3.8) is 0 Å². The first kappa shape index (κ1) is 16.7. The van der Waals surface area contributed by atoms with E-state index in [-0.39, 0.29) is 0 Å². The Balaban J connectivity index is 1.60. The van der Waals surface area contributed by atoms with Gasteiger partial charge in [-0.15, -0.1) is 0 Å². The minimum atomic E-state index is 0.930. The monoisotopic (exact) mass is 394 g/mol. The van der Waals surface area contributed by atoms with E-state index in [1.807, 2.05) is 0 Å². The molecule has 0 aliphatic rings. The summed E-state index contributed by atoms with van der Waals surface area (Å²) in [5.41, 5.74) is 4.40. The number of furan rings is 1. The highest BCUT2D eigenvalue weighted by Crippen LogP contribution is 2.40. The molecule has 0 radical (unpaired) electrons. The average Bonchev–Trinajstić information content (AvgIpc) is 3.21. The summed E-state index contributed by atoms with van der Waals surface area (Å²) in [6.45, 7) is 0. The maximum Gasteiger partial charge on any atom is 0.143 e. The van der Waals surface area contributed by atoms with Crippen molar-refractivity contribution in [3.05, 3.63) is 109 Å². The first-order valence-electron chi connectivity index (χ1n) is 10.6. The zero-order valence-electron chi connectivity index (χ0n) is 16.8. The highest BCUT2D eigenvalue weighted by molar-refractivity contribution is 6.18. The Labute approximate surface area is 179 Å². The third-order valence-electron chi connectivity index (χ3n) is 6.42. The minimum Gasteiger partial charge on any atom is -0.455 e. The number of rotatable bonds is 1. The van der Waals surface area contributed by atoms with Crippen LogP contribution in [0.1, 0.15) is 0 Å². The van der Waals surface area contributed by atoms with Gasteiger partial charge in [0.25, 0.3) is 0 Å². The van der Waals surface area contributed by atoms with E-state index in [2.05, 4.69) is 109 Å². The van der Waals surface area contributed by atoms with Crippen molar-refractivity contribution in [2.24, 2.45) is 0 Å². The van der Waals surface area contributed by atoms with Crippen LogP contribution < -0.4 is 0 Å². The number of fused-ring (bicyclic) bond motifs is 7. The lowest BCUT2D eigenvalue weighted by Crippen LogP contribution is -1.85. The summed E-state index contributed by atoms with van der Waals surface area (Å²) in [4.78, 5) is 0. The van der Waals surface area contributed by atoms with Gasteiger partial charge in [0.05, 0.1) is 0 Å². The lowest BCUT2D eigenvalue weighted by molar-refractivity contribution is 0.672. The molecule has 144 valence electrons. The van der Waals surface area contributed by atoms with Crippen molar-refractivity contribution in [2.45, 2.75) is 0 Å². The molecule has 0 spiro atoms. The first-order valence-corrected chi connectivity index (χ1v) is 10.6. The predicted molar refractivity (Wildman–Crippen MR) is 132 cm³/mol. The van der Waals surface area contributed by atoms with Gasteiger partial charge in [-0.25, -0.2) is 0 Å². The van der Waals surface area contributed by atoms with Crippen LogP contribution in [0.5, 0.6) is 0 Å². The van der Waals surface area contributed by atoms with E-state index >= 15 is 0 Å². The van der Waals surface area contributed by atoms with Crippen molar-refractivity contribution < 1.29 is 4.42 Å². The van der Waals surface area contributed by atoms with Gasteiger partial charge in [-0.2, -0.15) is 0 Å². The van der Waals surface area contributed by atoms with Crippen LogP contribution in [0.3, 0.4) is 0 Å². The Bertz CT molecular complexity index is 1730. The van der Waals surface area contributed by atoms with Crippen LogP contribution in [0.2, 0.25) is 0 Å². The topological polar surface area (TPSA) is 13.1 Å². The summed E-state index contributed by atoms with van der Waals surface area (Å²) in [5.74, 6) is 0. The molecule has 7 aromatic rings. The maximum atomic E-state index is 6.33. The zero-order valence-corrected chi connectivity index (χ0v) is 16.8. The zero-order chi connectivity index (χ0) is 20.4. The Hall–Kier alpha value is -4.10. The van der Waals surface area contributed by atoms with Gasteiger partial charge in [-0.05, 0) is 62.3 Å². The molecular weight excluding hydrogens is 376 g/mol. The molecule has 0 fully saturated rings. The Kier molecular flexibility index (Phi) is 3.33. The standard InChI is InChI=1S/C30H18O/c1-6-12-25-19(7-1)13-15-26-27-18-22(14-16-28(27)31-30(25)26)29-23-10-4-2-8-20(23)17-21-9-3-5-11-24(21)29/h1-18H. The molecule has 31 heavy (non-hydrogen) atoms. The van der Waals surface area contributed by atoms with E-state index < -0.39 is 0 Å². The van der Waals surface area contributed by atoms with Crippen molar-refractivity contribution in [2.75, 3.05) is 0 Å². The van der Waals surface area contributed by atoms with Crippen LogP contribution in [-0.2, 0) is 0 Å². The lowest BCUT2D eigenvalue weighted by Gasteiger charge is -2.12. The van der Waals surface area contributed by atoms with E-state index in [1.165, 1.54) is 43.4 Å². The van der Waals surface area contributed by atoms with Gasteiger partial charge >= 0.3 is 0 Å². The molecule has 0 amide bonds. The van der Waals surface area contributed by atoms with Crippen LogP contribution in [0, 0.1) is 0 Å². The summed E-state index contributed by atoms with van der Waals surface area (Å²) in [5, 5.41) is 9.77. The summed E-state index contributed by atoms with van der Waals surface area (Å²) >= 11 is 0. The summed E-state index contributed by atoms with van der Waals surface area (Å²) in [6, 6.07) is 39.0. The van der Waals surface area contributed by atoms with Crippen LogP contribution >= 0.6 is 0 Å². The molecule has 7 rings (SSSR count). The lowest BCUT2D eigenvalue weighted by atomic mass is 9.91. The quantitative estimate of drug-likeness (QED) is 0.254. The number of hydrogen-bond acceptors (Lipinski definition) is 1. The van der Waals surface area contributed by atoms with Crippen molar-refractivity contribution in [1.29, 1.82) is 0 Å². The summed E-state index contributed by atoms with van der Waals surface area (Å²) < 4.78 is 6.33. The fraction of sp³-hybridized carbons (Fsp3) is 0. The van der Waals surface area contributed by atoms with Gasteiger partial charge in [0.15, 0.2) is 0 Å². The highest BCUT2D eigenvalue weighted by atomic mass is 16.3. The molecule has 1 heterocycles. The summed E-state index contributed by atoms with van der Waals surface area (Å²) in [7, 11) is 0. The molecule has 6 aromatic carbocycles. The third-order valence-corrected chi connectivity index (χ3v) is 6.42. The highest BCUT2D eigenvalue weighted by Gasteiger charge is 2.14. The maximum absolute atomic E-state index is 6.33. The molecule has 0 N–H and O–H groups in total. The fourth-order valence-corrected chi connectivity index (χ4v) is 4.98. The molecule has 0 unspecified atom stereocenters. The van der Waals surface area contributed by atoms with Crippen LogP contribution in [0.4, 0.5) is 0 Å². The predicted octanol–water partition coefficient (Wildman–Crippen LogP) is 8.71. The second-order valence-electron chi connectivity index (χ2n) is 8.17. The second kappa shape index (κ2) is 6.20. The molecule has 1 heteroatoms. The molecule has 0 bridgehead atoms.